The summed E-state index contributed by atoms with van der Waals surface area (Å²) >= 11 is 11.9. The van der Waals surface area contributed by atoms with E-state index in [4.69, 9.17) is 27.9 Å². The molecule has 0 aromatic heterocycles. The third-order valence-electron chi connectivity index (χ3n) is 3.62. The Morgan fingerprint density at radius 3 is 2.50 bits per heavy atom. The van der Waals surface area contributed by atoms with Gasteiger partial charge in [-0.05, 0) is 49.1 Å². The number of carbonyl (C=O) groups is 1. The quantitative estimate of drug-likeness (QED) is 0.675. The Balaban J connectivity index is 1.77. The van der Waals surface area contributed by atoms with Gasteiger partial charge in [0, 0.05) is 11.6 Å². The molecule has 0 spiro atoms. The molecule has 1 amide bonds. The Bertz CT molecular complexity index is 659. The van der Waals surface area contributed by atoms with Gasteiger partial charge in [-0.2, -0.15) is 0 Å². The monoisotopic (exact) mass is 365 g/mol. The van der Waals surface area contributed by atoms with E-state index < -0.39 is 6.10 Å². The minimum Gasteiger partial charge on any atom is -0.479 e. The molecule has 0 aliphatic heterocycles. The number of benzene rings is 2. The first kappa shape index (κ1) is 18.6. The summed E-state index contributed by atoms with van der Waals surface area (Å²) in [6.45, 7) is 2.51. The molecular weight excluding hydrogens is 345 g/mol. The van der Waals surface area contributed by atoms with E-state index in [9.17, 15) is 4.79 Å². The number of rotatable bonds is 8. The molecule has 0 radical (unpaired) electrons. The second-order valence-electron chi connectivity index (χ2n) is 5.47. The fraction of sp³-hybridized carbons (Fsp3) is 0.316. The van der Waals surface area contributed by atoms with Crippen LogP contribution in [-0.2, 0) is 11.2 Å². The van der Waals surface area contributed by atoms with Crippen LogP contribution in [0.25, 0.3) is 0 Å². The highest BCUT2D eigenvalue weighted by Crippen LogP contribution is 2.24. The number of hydrogen-bond acceptors (Lipinski definition) is 2. The molecule has 2 rings (SSSR count). The van der Waals surface area contributed by atoms with Crippen molar-refractivity contribution in [3.63, 3.8) is 0 Å². The van der Waals surface area contributed by atoms with Crippen LogP contribution >= 0.6 is 23.2 Å². The molecule has 0 bridgehead atoms. The molecule has 0 aliphatic carbocycles. The van der Waals surface area contributed by atoms with E-state index in [2.05, 4.69) is 5.32 Å². The van der Waals surface area contributed by atoms with Gasteiger partial charge in [0.15, 0.2) is 6.10 Å². The number of aryl methyl sites for hydroxylation is 1. The molecular formula is C19H21Cl2NO2. The van der Waals surface area contributed by atoms with E-state index in [0.717, 1.165) is 17.9 Å². The van der Waals surface area contributed by atoms with Crippen molar-refractivity contribution in [2.75, 3.05) is 6.54 Å². The van der Waals surface area contributed by atoms with Gasteiger partial charge < -0.3 is 10.1 Å². The highest BCUT2D eigenvalue weighted by Gasteiger charge is 2.18. The van der Waals surface area contributed by atoms with E-state index >= 15 is 0 Å². The number of amides is 1. The largest absolute Gasteiger partial charge is 0.479 e. The molecule has 0 saturated heterocycles. The van der Waals surface area contributed by atoms with Crippen LogP contribution in [0.3, 0.4) is 0 Å². The average molecular weight is 366 g/mol. The molecule has 1 N–H and O–H groups in total. The third-order valence-corrected chi connectivity index (χ3v) is 4.19. The molecule has 0 heterocycles. The summed E-state index contributed by atoms with van der Waals surface area (Å²) in [6, 6.07) is 14.9. The first-order valence-electron chi connectivity index (χ1n) is 8.03. The number of para-hydroxylation sites is 1. The summed E-state index contributed by atoms with van der Waals surface area (Å²) in [7, 11) is 0. The number of nitrogens with one attached hydrogen (secondary N) is 1. The molecule has 1 atom stereocenters. The summed E-state index contributed by atoms with van der Waals surface area (Å²) in [5.41, 5.74) is 1.20. The first-order valence-corrected chi connectivity index (χ1v) is 8.79. The molecule has 0 fully saturated rings. The van der Waals surface area contributed by atoms with Crippen molar-refractivity contribution in [1.29, 1.82) is 0 Å². The Morgan fingerprint density at radius 2 is 1.83 bits per heavy atom. The molecule has 128 valence electrons. The van der Waals surface area contributed by atoms with Crippen molar-refractivity contribution in [2.45, 2.75) is 32.3 Å². The van der Waals surface area contributed by atoms with Crippen molar-refractivity contribution >= 4 is 29.1 Å². The average Bonchev–Trinajstić information content (AvgIpc) is 2.59. The van der Waals surface area contributed by atoms with Crippen LogP contribution in [-0.4, -0.2) is 18.6 Å². The minimum absolute atomic E-state index is 0.117. The Kier molecular flexibility index (Phi) is 7.41. The van der Waals surface area contributed by atoms with Crippen molar-refractivity contribution in [3.8, 4) is 5.75 Å². The summed E-state index contributed by atoms with van der Waals surface area (Å²) < 4.78 is 5.73. The van der Waals surface area contributed by atoms with Crippen molar-refractivity contribution < 1.29 is 9.53 Å². The predicted molar refractivity (Wildman–Crippen MR) is 98.9 cm³/mol. The fourth-order valence-electron chi connectivity index (χ4n) is 2.28. The van der Waals surface area contributed by atoms with Gasteiger partial charge in [0.1, 0.15) is 5.75 Å². The van der Waals surface area contributed by atoms with Gasteiger partial charge in [0.05, 0.1) is 5.02 Å². The van der Waals surface area contributed by atoms with Crippen LogP contribution in [0.4, 0.5) is 0 Å². The van der Waals surface area contributed by atoms with Crippen LogP contribution in [0.1, 0.15) is 25.3 Å². The highest BCUT2D eigenvalue weighted by molar-refractivity contribution is 6.32. The van der Waals surface area contributed by atoms with E-state index in [0.29, 0.717) is 23.7 Å². The van der Waals surface area contributed by atoms with Crippen LogP contribution in [0.5, 0.6) is 5.75 Å². The van der Waals surface area contributed by atoms with E-state index in [1.807, 2.05) is 43.3 Å². The maximum atomic E-state index is 12.2. The lowest BCUT2D eigenvalue weighted by atomic mass is 10.1. The minimum atomic E-state index is -0.541. The van der Waals surface area contributed by atoms with Gasteiger partial charge in [-0.1, -0.05) is 54.4 Å². The van der Waals surface area contributed by atoms with Gasteiger partial charge >= 0.3 is 0 Å². The molecule has 0 saturated carbocycles. The zero-order valence-corrected chi connectivity index (χ0v) is 15.1. The normalized spacial score (nSPS) is 11.8. The van der Waals surface area contributed by atoms with Gasteiger partial charge in [-0.15, -0.1) is 0 Å². The Labute approximate surface area is 152 Å². The van der Waals surface area contributed by atoms with E-state index in [1.54, 1.807) is 12.1 Å². The lowest BCUT2D eigenvalue weighted by Gasteiger charge is -2.18. The molecule has 24 heavy (non-hydrogen) atoms. The molecule has 3 nitrogen and oxygen atoms in total. The summed E-state index contributed by atoms with van der Waals surface area (Å²) in [4.78, 5) is 12.2. The first-order chi connectivity index (χ1) is 11.6. The Hall–Kier alpha value is -1.71. The predicted octanol–water partition coefficient (Wildman–Crippen LogP) is 4.90. The topological polar surface area (TPSA) is 38.3 Å². The SMILES string of the molecule is CC[C@H](Oc1ccccc1Cl)C(=O)NCCCc1ccc(Cl)cc1. The standard InChI is InChI=1S/C19H21Cl2NO2/c1-2-17(24-18-8-4-3-7-16(18)21)19(23)22-13-5-6-14-9-11-15(20)12-10-14/h3-4,7-12,17H,2,5-6,13H2,1H3,(H,22,23)/t17-/m0/s1. The van der Waals surface area contributed by atoms with Gasteiger partial charge in [0.2, 0.25) is 0 Å². The van der Waals surface area contributed by atoms with Crippen molar-refractivity contribution in [1.82, 2.24) is 5.32 Å². The molecule has 0 aliphatic rings. The van der Waals surface area contributed by atoms with E-state index in [-0.39, 0.29) is 5.91 Å². The second kappa shape index (κ2) is 9.55. The van der Waals surface area contributed by atoms with Gasteiger partial charge in [0.25, 0.3) is 5.91 Å². The van der Waals surface area contributed by atoms with Gasteiger partial charge in [-0.3, -0.25) is 4.79 Å². The molecule has 0 unspecified atom stereocenters. The van der Waals surface area contributed by atoms with Gasteiger partial charge in [-0.25, -0.2) is 0 Å². The van der Waals surface area contributed by atoms with Crippen molar-refractivity contribution in [2.24, 2.45) is 0 Å². The van der Waals surface area contributed by atoms with Crippen LogP contribution in [0.15, 0.2) is 48.5 Å². The van der Waals surface area contributed by atoms with E-state index in [1.165, 1.54) is 5.56 Å². The Morgan fingerprint density at radius 1 is 1.12 bits per heavy atom. The summed E-state index contributed by atoms with van der Waals surface area (Å²) in [5.74, 6) is 0.413. The smallest absolute Gasteiger partial charge is 0.261 e. The number of halogens is 2. The third kappa shape index (κ3) is 5.73. The summed E-state index contributed by atoms with van der Waals surface area (Å²) in [5, 5.41) is 4.16. The van der Waals surface area contributed by atoms with Crippen LogP contribution < -0.4 is 10.1 Å². The number of hydrogen-bond donors (Lipinski definition) is 1. The second-order valence-corrected chi connectivity index (χ2v) is 6.31. The zero-order chi connectivity index (χ0) is 17.4. The lowest BCUT2D eigenvalue weighted by molar-refractivity contribution is -0.128. The van der Waals surface area contributed by atoms with Crippen LogP contribution in [0, 0.1) is 0 Å². The number of ether oxygens (including phenoxy) is 1. The fourth-order valence-corrected chi connectivity index (χ4v) is 2.59. The summed E-state index contributed by atoms with van der Waals surface area (Å²) in [6.07, 6.45) is 1.78. The zero-order valence-electron chi connectivity index (χ0n) is 13.6. The molecule has 5 heteroatoms. The number of carbonyl (C=O) groups excluding carboxylic acids is 1. The molecule has 2 aromatic carbocycles. The molecule has 2 aromatic rings. The lowest BCUT2D eigenvalue weighted by Crippen LogP contribution is -2.38. The maximum absolute atomic E-state index is 12.2. The highest BCUT2D eigenvalue weighted by atomic mass is 35.5. The van der Waals surface area contributed by atoms with Crippen LogP contribution in [0.2, 0.25) is 10.0 Å². The van der Waals surface area contributed by atoms with Crippen molar-refractivity contribution in [3.05, 3.63) is 64.1 Å². The maximum Gasteiger partial charge on any atom is 0.261 e.